The van der Waals surface area contributed by atoms with Gasteiger partial charge in [-0.15, -0.1) is 0 Å². The number of nitrogens with zero attached hydrogens (tertiary/aromatic N) is 5. The fourth-order valence-corrected chi connectivity index (χ4v) is 2.36. The molecular formula is C18H17N5O3. The normalized spacial score (nSPS) is 10.2. The number of methoxy groups -OCH3 is 2. The molecule has 0 aliphatic rings. The molecule has 3 heterocycles. The Hall–Kier alpha value is -3.55. The molecule has 0 amide bonds. The molecular weight excluding hydrogens is 334 g/mol. The maximum Gasteiger partial charge on any atom is 0.339 e. The number of pyridine rings is 2. The number of ether oxygens (including phenoxy) is 2. The summed E-state index contributed by atoms with van der Waals surface area (Å²) in [4.78, 5) is 30.6. The Kier molecular flexibility index (Phi) is 5.33. The number of hydrogen-bond donors (Lipinski definition) is 0. The van der Waals surface area contributed by atoms with E-state index in [1.54, 1.807) is 50.1 Å². The molecule has 0 fully saturated rings. The van der Waals surface area contributed by atoms with Gasteiger partial charge in [0.05, 0.1) is 38.2 Å². The maximum absolute atomic E-state index is 11.6. The molecule has 0 atom stereocenters. The summed E-state index contributed by atoms with van der Waals surface area (Å²) in [6.07, 6.45) is 7.99. The van der Waals surface area contributed by atoms with E-state index in [1.165, 1.54) is 13.3 Å². The summed E-state index contributed by atoms with van der Waals surface area (Å²) >= 11 is 0. The van der Waals surface area contributed by atoms with Gasteiger partial charge < -0.3 is 14.4 Å². The lowest BCUT2D eigenvalue weighted by atomic mass is 10.2. The highest BCUT2D eigenvalue weighted by Gasteiger charge is 2.18. The second-order valence-corrected chi connectivity index (χ2v) is 5.21. The molecule has 0 saturated carbocycles. The summed E-state index contributed by atoms with van der Waals surface area (Å²) in [6.45, 7) is 0.369. The highest BCUT2D eigenvalue weighted by molar-refractivity contribution is 5.88. The molecule has 0 aliphatic carbocycles. The molecule has 0 radical (unpaired) electrons. The second kappa shape index (κ2) is 8.02. The van der Waals surface area contributed by atoms with Crippen LogP contribution in [0, 0.1) is 0 Å². The topological polar surface area (TPSA) is 90.3 Å². The van der Waals surface area contributed by atoms with Gasteiger partial charge in [-0.3, -0.25) is 9.97 Å². The minimum Gasteiger partial charge on any atom is -0.493 e. The first-order chi connectivity index (χ1) is 12.7. The monoisotopic (exact) mass is 351 g/mol. The van der Waals surface area contributed by atoms with Gasteiger partial charge in [0.15, 0.2) is 17.4 Å². The van der Waals surface area contributed by atoms with Gasteiger partial charge in [0.2, 0.25) is 0 Å². The van der Waals surface area contributed by atoms with Crippen molar-refractivity contribution in [3.05, 3.63) is 66.5 Å². The predicted molar refractivity (Wildman–Crippen MR) is 94.2 cm³/mol. The van der Waals surface area contributed by atoms with Gasteiger partial charge in [-0.1, -0.05) is 0 Å². The molecule has 3 aromatic heterocycles. The zero-order valence-corrected chi connectivity index (χ0v) is 14.4. The van der Waals surface area contributed by atoms with Crippen molar-refractivity contribution in [3.8, 4) is 5.75 Å². The first kappa shape index (κ1) is 17.3. The number of rotatable bonds is 6. The molecule has 3 aromatic rings. The lowest BCUT2D eigenvalue weighted by molar-refractivity contribution is 0.0600. The van der Waals surface area contributed by atoms with E-state index >= 15 is 0 Å². The van der Waals surface area contributed by atoms with Crippen molar-refractivity contribution >= 4 is 17.6 Å². The Morgan fingerprint density at radius 1 is 1.04 bits per heavy atom. The van der Waals surface area contributed by atoms with Crippen LogP contribution in [0.3, 0.4) is 0 Å². The molecule has 0 aliphatic heterocycles. The lowest BCUT2D eigenvalue weighted by Gasteiger charge is -2.23. The lowest BCUT2D eigenvalue weighted by Crippen LogP contribution is -2.20. The smallest absolute Gasteiger partial charge is 0.339 e. The van der Waals surface area contributed by atoms with E-state index in [9.17, 15) is 4.79 Å². The Morgan fingerprint density at radius 3 is 2.58 bits per heavy atom. The van der Waals surface area contributed by atoms with Crippen LogP contribution in [0.2, 0.25) is 0 Å². The van der Waals surface area contributed by atoms with Crippen LogP contribution in [0.4, 0.5) is 11.6 Å². The summed E-state index contributed by atoms with van der Waals surface area (Å²) in [5, 5.41) is 0. The first-order valence-electron chi connectivity index (χ1n) is 7.78. The number of carbonyl (C=O) groups excluding carboxylic acids is 1. The highest BCUT2D eigenvalue weighted by Crippen LogP contribution is 2.31. The quantitative estimate of drug-likeness (QED) is 0.625. The SMILES string of the molecule is COC(=O)c1ccc(CN(c2cnccn2)c2ncccc2OC)nc1. The van der Waals surface area contributed by atoms with Crippen LogP contribution in [0.15, 0.2) is 55.2 Å². The van der Waals surface area contributed by atoms with Crippen LogP contribution in [-0.2, 0) is 11.3 Å². The first-order valence-corrected chi connectivity index (χ1v) is 7.78. The van der Waals surface area contributed by atoms with E-state index in [0.717, 1.165) is 5.69 Å². The minimum atomic E-state index is -0.429. The van der Waals surface area contributed by atoms with Gasteiger partial charge in [0.1, 0.15) is 0 Å². The summed E-state index contributed by atoms with van der Waals surface area (Å²) < 4.78 is 10.1. The van der Waals surface area contributed by atoms with E-state index in [2.05, 4.69) is 19.9 Å². The molecule has 0 aromatic carbocycles. The van der Waals surface area contributed by atoms with Gasteiger partial charge in [0.25, 0.3) is 0 Å². The van der Waals surface area contributed by atoms with Gasteiger partial charge >= 0.3 is 5.97 Å². The fourth-order valence-electron chi connectivity index (χ4n) is 2.36. The molecule has 0 N–H and O–H groups in total. The van der Waals surface area contributed by atoms with E-state index in [4.69, 9.17) is 9.47 Å². The zero-order valence-electron chi connectivity index (χ0n) is 14.4. The molecule has 8 heteroatoms. The third kappa shape index (κ3) is 3.75. The van der Waals surface area contributed by atoms with Crippen LogP contribution < -0.4 is 9.64 Å². The number of carbonyl (C=O) groups is 1. The molecule has 0 saturated heterocycles. The number of aromatic nitrogens is 4. The van der Waals surface area contributed by atoms with Gasteiger partial charge in [-0.25, -0.2) is 14.8 Å². The molecule has 26 heavy (non-hydrogen) atoms. The average Bonchev–Trinajstić information content (AvgIpc) is 2.72. The molecule has 132 valence electrons. The van der Waals surface area contributed by atoms with Crippen LogP contribution in [-0.4, -0.2) is 40.1 Å². The Labute approximate surface area is 150 Å². The van der Waals surface area contributed by atoms with Crippen molar-refractivity contribution in [1.29, 1.82) is 0 Å². The van der Waals surface area contributed by atoms with Crippen LogP contribution in [0.5, 0.6) is 5.75 Å². The summed E-state index contributed by atoms with van der Waals surface area (Å²) in [7, 11) is 2.91. The van der Waals surface area contributed by atoms with E-state index < -0.39 is 5.97 Å². The molecule has 3 rings (SSSR count). The van der Waals surface area contributed by atoms with Crippen molar-refractivity contribution < 1.29 is 14.3 Å². The van der Waals surface area contributed by atoms with Crippen LogP contribution in [0.25, 0.3) is 0 Å². The van der Waals surface area contributed by atoms with Crippen LogP contribution >= 0.6 is 0 Å². The Bertz CT molecular complexity index is 872. The van der Waals surface area contributed by atoms with E-state index in [1.807, 2.05) is 11.0 Å². The number of esters is 1. The third-order valence-electron chi connectivity index (χ3n) is 3.62. The van der Waals surface area contributed by atoms with Gasteiger partial charge in [-0.2, -0.15) is 0 Å². The van der Waals surface area contributed by atoms with Crippen molar-refractivity contribution in [1.82, 2.24) is 19.9 Å². The molecule has 0 bridgehead atoms. The average molecular weight is 351 g/mol. The van der Waals surface area contributed by atoms with Gasteiger partial charge in [0, 0.05) is 24.8 Å². The fraction of sp³-hybridized carbons (Fsp3) is 0.167. The predicted octanol–water partition coefficient (Wildman–Crippen LogP) is 2.40. The number of hydrogen-bond acceptors (Lipinski definition) is 8. The van der Waals surface area contributed by atoms with Crippen molar-refractivity contribution in [2.45, 2.75) is 6.54 Å². The molecule has 0 unspecified atom stereocenters. The summed E-state index contributed by atoms with van der Waals surface area (Å²) in [5.41, 5.74) is 1.11. The largest absolute Gasteiger partial charge is 0.493 e. The van der Waals surface area contributed by atoms with Crippen molar-refractivity contribution in [3.63, 3.8) is 0 Å². The minimum absolute atomic E-state index is 0.369. The number of anilines is 2. The molecule has 0 spiro atoms. The summed E-state index contributed by atoms with van der Waals surface area (Å²) in [5.74, 6) is 1.36. The standard InChI is InChI=1S/C18H17N5O3/c1-25-15-4-3-7-21-17(15)23(16-11-19-8-9-20-16)12-14-6-5-13(10-22-14)18(24)26-2/h3-11H,12H2,1-2H3. The Balaban J connectivity index is 1.95. The Morgan fingerprint density at radius 2 is 1.92 bits per heavy atom. The van der Waals surface area contributed by atoms with Crippen molar-refractivity contribution in [2.24, 2.45) is 0 Å². The summed E-state index contributed by atoms with van der Waals surface area (Å²) in [6, 6.07) is 7.03. The third-order valence-corrected chi connectivity index (χ3v) is 3.62. The van der Waals surface area contributed by atoms with E-state index in [0.29, 0.717) is 29.5 Å². The van der Waals surface area contributed by atoms with Crippen molar-refractivity contribution in [2.75, 3.05) is 19.1 Å². The maximum atomic E-state index is 11.6. The zero-order chi connectivity index (χ0) is 18.4. The highest BCUT2D eigenvalue weighted by atomic mass is 16.5. The second-order valence-electron chi connectivity index (χ2n) is 5.21. The van der Waals surface area contributed by atoms with Gasteiger partial charge in [-0.05, 0) is 24.3 Å². The molecule has 8 nitrogen and oxygen atoms in total. The van der Waals surface area contributed by atoms with E-state index in [-0.39, 0.29) is 0 Å². The van der Waals surface area contributed by atoms with Crippen LogP contribution in [0.1, 0.15) is 16.1 Å².